The predicted octanol–water partition coefficient (Wildman–Crippen LogP) is 3.72. The quantitative estimate of drug-likeness (QED) is 0.543. The number of halogens is 4. The van der Waals surface area contributed by atoms with E-state index in [1.807, 2.05) is 5.32 Å². The number of fused-ring (bicyclic) bond motifs is 1. The Hall–Kier alpha value is -2.95. The van der Waals surface area contributed by atoms with Crippen molar-refractivity contribution >= 4 is 34.4 Å². The van der Waals surface area contributed by atoms with E-state index in [4.69, 9.17) is 11.6 Å². The van der Waals surface area contributed by atoms with Crippen molar-refractivity contribution in [2.24, 2.45) is 5.92 Å². The van der Waals surface area contributed by atoms with Gasteiger partial charge >= 0.3 is 6.18 Å². The average Bonchev–Trinajstić information content (AvgIpc) is 3.15. The van der Waals surface area contributed by atoms with Crippen molar-refractivity contribution in [3.8, 4) is 11.4 Å². The second-order valence-electron chi connectivity index (χ2n) is 7.39. The molecule has 1 amide bonds. The second kappa shape index (κ2) is 8.66. The van der Waals surface area contributed by atoms with Gasteiger partial charge in [0.25, 0.3) is 0 Å². The number of nitrogens with one attached hydrogen (secondary N) is 3. The summed E-state index contributed by atoms with van der Waals surface area (Å²) in [5.74, 6) is -0.497. The van der Waals surface area contributed by atoms with Crippen LogP contribution in [0.25, 0.3) is 22.4 Å². The number of aromatic amines is 1. The summed E-state index contributed by atoms with van der Waals surface area (Å²) in [6, 6.07) is 1.38. The molecule has 0 spiro atoms. The summed E-state index contributed by atoms with van der Waals surface area (Å²) in [5.41, 5.74) is 1.28. The highest BCUT2D eigenvalue weighted by atomic mass is 35.5. The largest absolute Gasteiger partial charge is 0.405 e. The van der Waals surface area contributed by atoms with Gasteiger partial charge in [-0.2, -0.15) is 18.3 Å². The fourth-order valence-corrected chi connectivity index (χ4v) is 3.93. The van der Waals surface area contributed by atoms with Crippen LogP contribution in [0.5, 0.6) is 0 Å². The molecule has 0 unspecified atom stereocenters. The monoisotopic (exact) mass is 453 g/mol. The van der Waals surface area contributed by atoms with Gasteiger partial charge in [-0.3, -0.25) is 4.79 Å². The summed E-state index contributed by atoms with van der Waals surface area (Å²) in [5, 5.41) is 14.4. The molecule has 3 aromatic rings. The number of rotatable bonds is 5. The Morgan fingerprint density at radius 3 is 2.87 bits per heavy atom. The minimum absolute atomic E-state index is 0.328. The first kappa shape index (κ1) is 21.3. The van der Waals surface area contributed by atoms with Gasteiger partial charge in [0.1, 0.15) is 18.0 Å². The van der Waals surface area contributed by atoms with Crippen molar-refractivity contribution in [3.63, 3.8) is 0 Å². The molecule has 4 rings (SSSR count). The first-order valence-corrected chi connectivity index (χ1v) is 10.1. The van der Waals surface area contributed by atoms with Crippen LogP contribution < -0.4 is 10.6 Å². The number of hydrogen-bond acceptors (Lipinski definition) is 6. The molecule has 31 heavy (non-hydrogen) atoms. The van der Waals surface area contributed by atoms with Crippen molar-refractivity contribution in [1.29, 1.82) is 0 Å². The smallest absolute Gasteiger partial charge is 0.365 e. The topological polar surface area (TPSA) is 108 Å². The molecule has 3 N–H and O–H groups in total. The third-order valence-electron chi connectivity index (χ3n) is 5.20. The lowest BCUT2D eigenvalue weighted by Gasteiger charge is -2.31. The van der Waals surface area contributed by atoms with E-state index in [2.05, 4.69) is 30.5 Å². The highest BCUT2D eigenvalue weighted by Crippen LogP contribution is 2.30. The molecule has 164 valence electrons. The van der Waals surface area contributed by atoms with Gasteiger partial charge in [0.05, 0.1) is 17.1 Å². The Bertz CT molecular complexity index is 1090. The van der Waals surface area contributed by atoms with Crippen LogP contribution >= 0.6 is 11.6 Å². The Morgan fingerprint density at radius 1 is 1.26 bits per heavy atom. The Balaban J connectivity index is 1.53. The number of hydrogen-bond donors (Lipinski definition) is 3. The molecule has 3 heterocycles. The van der Waals surface area contributed by atoms with Gasteiger partial charge in [-0.15, -0.1) is 5.10 Å². The van der Waals surface area contributed by atoms with E-state index in [-0.39, 0.29) is 6.04 Å². The number of pyridine rings is 1. The summed E-state index contributed by atoms with van der Waals surface area (Å²) in [4.78, 5) is 24.1. The van der Waals surface area contributed by atoms with Gasteiger partial charge in [-0.25, -0.2) is 9.97 Å². The zero-order valence-corrected chi connectivity index (χ0v) is 17.0. The van der Waals surface area contributed by atoms with Crippen molar-refractivity contribution in [2.75, 3.05) is 11.9 Å². The van der Waals surface area contributed by atoms with Crippen molar-refractivity contribution in [2.45, 2.75) is 37.9 Å². The first-order chi connectivity index (χ1) is 14.8. The maximum Gasteiger partial charge on any atom is 0.405 e. The molecular formula is C19H19ClF3N7O. The molecule has 1 aliphatic carbocycles. The van der Waals surface area contributed by atoms with Gasteiger partial charge in [0, 0.05) is 29.4 Å². The third-order valence-corrected chi connectivity index (χ3v) is 5.40. The van der Waals surface area contributed by atoms with Crippen molar-refractivity contribution in [1.82, 2.24) is 30.5 Å². The number of amides is 1. The minimum Gasteiger partial charge on any atom is -0.365 e. The van der Waals surface area contributed by atoms with E-state index in [0.29, 0.717) is 40.7 Å². The van der Waals surface area contributed by atoms with E-state index in [0.717, 1.165) is 18.2 Å². The Morgan fingerprint density at radius 2 is 2.06 bits per heavy atom. The number of carbonyl (C=O) groups is 1. The summed E-state index contributed by atoms with van der Waals surface area (Å²) < 4.78 is 37.4. The fourth-order valence-electron chi connectivity index (χ4n) is 3.78. The van der Waals surface area contributed by atoms with Crippen molar-refractivity contribution in [3.05, 3.63) is 29.7 Å². The first-order valence-electron chi connectivity index (χ1n) is 9.74. The molecular weight excluding hydrogens is 435 g/mol. The van der Waals surface area contributed by atoms with Gasteiger partial charge in [-0.1, -0.05) is 24.4 Å². The third kappa shape index (κ3) is 5.04. The number of aromatic nitrogens is 5. The molecule has 8 nitrogen and oxygen atoms in total. The number of nitrogens with zero attached hydrogens (tertiary/aromatic N) is 4. The maximum atomic E-state index is 12.5. The lowest BCUT2D eigenvalue weighted by Crippen LogP contribution is -2.45. The average molecular weight is 454 g/mol. The summed E-state index contributed by atoms with van der Waals surface area (Å²) >= 11 is 6.04. The molecule has 0 radical (unpaired) electrons. The lowest BCUT2D eigenvalue weighted by atomic mass is 9.84. The van der Waals surface area contributed by atoms with Crippen LogP contribution in [0.3, 0.4) is 0 Å². The van der Waals surface area contributed by atoms with Crippen LogP contribution in [0.15, 0.2) is 24.7 Å². The highest BCUT2D eigenvalue weighted by Gasteiger charge is 2.34. The standard InChI is InChI=1S/C19H19ClF3N7O/c20-10-5-12-13(7-25-16(12)24-6-10)17-29-15(8-27-30-17)28-14-4-2-1-3-11(14)18(31)26-9-19(21,22)23/h5-8,11,14H,1-4,9H2,(H,24,25)(H,26,31)(H,28,29,30)/t11-,14+/m0/s1. The number of H-pyrrole nitrogens is 1. The van der Waals surface area contributed by atoms with Crippen LogP contribution in [-0.2, 0) is 4.79 Å². The second-order valence-corrected chi connectivity index (χ2v) is 7.83. The molecule has 3 aromatic heterocycles. The van der Waals surface area contributed by atoms with Crippen LogP contribution in [0.1, 0.15) is 25.7 Å². The van der Waals surface area contributed by atoms with Crippen LogP contribution in [0, 0.1) is 5.92 Å². The molecule has 0 aliphatic heterocycles. The Kier molecular flexibility index (Phi) is 5.94. The van der Waals surface area contributed by atoms with E-state index < -0.39 is 24.5 Å². The van der Waals surface area contributed by atoms with Crippen molar-refractivity contribution < 1.29 is 18.0 Å². The van der Waals surface area contributed by atoms with E-state index in [1.165, 1.54) is 12.4 Å². The van der Waals surface area contributed by atoms with Gasteiger partial charge in [-0.05, 0) is 18.9 Å². The lowest BCUT2D eigenvalue weighted by molar-refractivity contribution is -0.141. The van der Waals surface area contributed by atoms with Gasteiger partial charge in [0.2, 0.25) is 5.91 Å². The predicted molar refractivity (Wildman–Crippen MR) is 108 cm³/mol. The van der Waals surface area contributed by atoms with Gasteiger partial charge in [0.15, 0.2) is 5.82 Å². The number of anilines is 1. The van der Waals surface area contributed by atoms with Crippen LogP contribution in [-0.4, -0.2) is 49.8 Å². The van der Waals surface area contributed by atoms with Gasteiger partial charge < -0.3 is 15.6 Å². The molecule has 0 aromatic carbocycles. The van der Waals surface area contributed by atoms with E-state index >= 15 is 0 Å². The SMILES string of the molecule is O=C(NCC(F)(F)F)[C@H]1CCCC[C@H]1Nc1cnnc(-c2c[nH]c3ncc(Cl)cc23)n1. The zero-order chi connectivity index (χ0) is 22.0. The minimum atomic E-state index is -4.45. The molecule has 1 aliphatic rings. The molecule has 0 saturated heterocycles. The summed E-state index contributed by atoms with van der Waals surface area (Å²) in [6.07, 6.45) is 2.96. The highest BCUT2D eigenvalue weighted by molar-refractivity contribution is 6.31. The zero-order valence-electron chi connectivity index (χ0n) is 16.2. The molecule has 1 fully saturated rings. The summed E-state index contributed by atoms with van der Waals surface area (Å²) in [7, 11) is 0. The molecule has 2 atom stereocenters. The summed E-state index contributed by atoms with van der Waals surface area (Å²) in [6.45, 7) is -1.34. The van der Waals surface area contributed by atoms with Crippen LogP contribution in [0.2, 0.25) is 5.02 Å². The normalized spacial score (nSPS) is 19.4. The van der Waals surface area contributed by atoms with E-state index in [9.17, 15) is 18.0 Å². The fraction of sp³-hybridized carbons (Fsp3) is 0.421. The number of alkyl halides is 3. The molecule has 0 bridgehead atoms. The number of carbonyl (C=O) groups excluding carboxylic acids is 1. The molecule has 1 saturated carbocycles. The maximum absolute atomic E-state index is 12.5. The molecule has 12 heteroatoms. The van der Waals surface area contributed by atoms with Crippen LogP contribution in [0.4, 0.5) is 19.0 Å². The van der Waals surface area contributed by atoms with E-state index in [1.54, 1.807) is 12.3 Å². The Labute approximate surface area is 180 Å².